The van der Waals surface area contributed by atoms with Crippen molar-refractivity contribution in [2.24, 2.45) is 11.1 Å². The van der Waals surface area contributed by atoms with E-state index in [9.17, 15) is 18.0 Å². The Bertz CT molecular complexity index is 534. The predicted octanol–water partition coefficient (Wildman–Crippen LogP) is 2.12. The average molecular weight is 318 g/mol. The first-order valence-corrected chi connectivity index (χ1v) is 6.80. The van der Waals surface area contributed by atoms with Crippen LogP contribution in [0.1, 0.15) is 12.8 Å². The zero-order chi connectivity index (χ0) is 16.2. The van der Waals surface area contributed by atoms with E-state index in [1.165, 1.54) is 6.07 Å². The van der Waals surface area contributed by atoms with E-state index in [0.717, 1.165) is 12.1 Å². The van der Waals surface area contributed by atoms with Crippen LogP contribution < -0.4 is 15.8 Å². The first kappa shape index (κ1) is 16.6. The number of nitrogens with two attached hydrogens (primary N) is 1. The van der Waals surface area contributed by atoms with Crippen molar-refractivity contribution in [2.75, 3.05) is 25.1 Å². The van der Waals surface area contributed by atoms with Crippen LogP contribution >= 0.6 is 0 Å². The topological polar surface area (TPSA) is 73.6 Å². The predicted molar refractivity (Wildman–Crippen MR) is 73.2 cm³/mol. The number of anilines is 1. The summed E-state index contributed by atoms with van der Waals surface area (Å²) in [6, 6.07) is 3.26. The normalized spacial score (nSPS) is 17.3. The average Bonchev–Trinajstić information content (AvgIpc) is 2.50. The summed E-state index contributed by atoms with van der Waals surface area (Å²) in [6.45, 7) is -2.10. The van der Waals surface area contributed by atoms with Gasteiger partial charge in [0, 0.05) is 31.5 Å². The summed E-state index contributed by atoms with van der Waals surface area (Å²) in [4.78, 5) is 12.4. The van der Waals surface area contributed by atoms with Crippen molar-refractivity contribution >= 4 is 11.6 Å². The molecule has 0 bridgehead atoms. The molecule has 1 fully saturated rings. The van der Waals surface area contributed by atoms with Gasteiger partial charge in [-0.1, -0.05) is 0 Å². The Balaban J connectivity index is 2.09. The minimum atomic E-state index is -3.11. The summed E-state index contributed by atoms with van der Waals surface area (Å²) in [5.74, 6) is -1.89. The maximum Gasteiger partial charge on any atom is 0.387 e. The molecule has 1 heterocycles. The Morgan fingerprint density at radius 3 is 2.64 bits per heavy atom. The van der Waals surface area contributed by atoms with E-state index in [1.807, 2.05) is 0 Å². The lowest BCUT2D eigenvalue weighted by Crippen LogP contribution is -2.46. The van der Waals surface area contributed by atoms with Gasteiger partial charge >= 0.3 is 6.61 Å². The second kappa shape index (κ2) is 6.97. The molecule has 1 aromatic carbocycles. The molecule has 22 heavy (non-hydrogen) atoms. The molecular weight excluding hydrogens is 301 g/mol. The molecule has 0 aliphatic carbocycles. The van der Waals surface area contributed by atoms with Crippen molar-refractivity contribution in [2.45, 2.75) is 19.5 Å². The third-order valence-electron chi connectivity index (χ3n) is 3.73. The van der Waals surface area contributed by atoms with Crippen molar-refractivity contribution in [1.29, 1.82) is 0 Å². The number of halogens is 3. The van der Waals surface area contributed by atoms with Crippen LogP contribution in [0.25, 0.3) is 0 Å². The molecule has 0 unspecified atom stereocenters. The Labute approximate surface area is 125 Å². The van der Waals surface area contributed by atoms with E-state index < -0.39 is 23.6 Å². The van der Waals surface area contributed by atoms with Crippen LogP contribution in [0.4, 0.5) is 18.9 Å². The summed E-state index contributed by atoms with van der Waals surface area (Å²) < 4.78 is 47.0. The molecule has 122 valence electrons. The molecule has 3 N–H and O–H groups in total. The fourth-order valence-electron chi connectivity index (χ4n) is 2.32. The van der Waals surface area contributed by atoms with Gasteiger partial charge in [-0.25, -0.2) is 4.39 Å². The highest BCUT2D eigenvalue weighted by atomic mass is 19.3. The smallest absolute Gasteiger partial charge is 0.387 e. The second-order valence-electron chi connectivity index (χ2n) is 5.07. The summed E-state index contributed by atoms with van der Waals surface area (Å²) >= 11 is 0. The number of nitrogens with one attached hydrogen (secondary N) is 1. The van der Waals surface area contributed by atoms with E-state index in [1.54, 1.807) is 0 Å². The molecule has 1 aliphatic rings. The van der Waals surface area contributed by atoms with Crippen molar-refractivity contribution in [1.82, 2.24) is 0 Å². The van der Waals surface area contributed by atoms with E-state index >= 15 is 0 Å². The number of hydrogen-bond donors (Lipinski definition) is 2. The highest BCUT2D eigenvalue weighted by molar-refractivity contribution is 5.95. The number of alkyl halides is 2. The highest BCUT2D eigenvalue weighted by Crippen LogP contribution is 2.31. The molecular formula is C14H17F3N2O3. The van der Waals surface area contributed by atoms with E-state index in [0.29, 0.717) is 26.1 Å². The maximum absolute atomic E-state index is 13.6. The Morgan fingerprint density at radius 2 is 2.09 bits per heavy atom. The molecule has 1 aliphatic heterocycles. The van der Waals surface area contributed by atoms with Gasteiger partial charge in [-0.2, -0.15) is 8.78 Å². The lowest BCUT2D eigenvalue weighted by molar-refractivity contribution is -0.130. The number of rotatable bonds is 5. The molecule has 1 aromatic rings. The number of benzene rings is 1. The molecule has 0 spiro atoms. The zero-order valence-electron chi connectivity index (χ0n) is 11.8. The first-order valence-electron chi connectivity index (χ1n) is 6.80. The molecule has 8 heteroatoms. The van der Waals surface area contributed by atoms with E-state index in [-0.39, 0.29) is 18.1 Å². The molecule has 1 saturated heterocycles. The van der Waals surface area contributed by atoms with Gasteiger partial charge in [-0.3, -0.25) is 4.79 Å². The van der Waals surface area contributed by atoms with Crippen LogP contribution in [0.15, 0.2) is 18.2 Å². The second-order valence-corrected chi connectivity index (χ2v) is 5.07. The Hall–Kier alpha value is -1.80. The van der Waals surface area contributed by atoms with E-state index in [2.05, 4.69) is 10.1 Å². The Kier molecular flexibility index (Phi) is 5.25. The summed E-state index contributed by atoms with van der Waals surface area (Å²) in [7, 11) is 0. The third-order valence-corrected chi connectivity index (χ3v) is 3.73. The first-order chi connectivity index (χ1) is 10.5. The van der Waals surface area contributed by atoms with Gasteiger partial charge < -0.3 is 20.5 Å². The van der Waals surface area contributed by atoms with Gasteiger partial charge in [0.25, 0.3) is 0 Å². The molecule has 5 nitrogen and oxygen atoms in total. The van der Waals surface area contributed by atoms with Gasteiger partial charge in [0.05, 0.1) is 5.41 Å². The van der Waals surface area contributed by atoms with Gasteiger partial charge in [0.2, 0.25) is 5.91 Å². The van der Waals surface area contributed by atoms with E-state index in [4.69, 9.17) is 10.5 Å². The van der Waals surface area contributed by atoms with Gasteiger partial charge in [0.15, 0.2) is 11.6 Å². The fraction of sp³-hybridized carbons (Fsp3) is 0.500. The number of hydrogen-bond acceptors (Lipinski definition) is 4. The van der Waals surface area contributed by atoms with Crippen molar-refractivity contribution in [3.8, 4) is 5.75 Å². The lowest BCUT2D eigenvalue weighted by atomic mass is 9.79. The highest BCUT2D eigenvalue weighted by Gasteiger charge is 2.38. The third kappa shape index (κ3) is 3.69. The SMILES string of the molecule is NCC1(C(=O)Nc2ccc(OC(F)F)c(F)c2)CCOCC1. The number of carbonyl (C=O) groups excluding carboxylic acids is 1. The molecule has 0 atom stereocenters. The summed E-state index contributed by atoms with van der Waals surface area (Å²) in [5, 5.41) is 2.57. The minimum Gasteiger partial charge on any atom is -0.432 e. The van der Waals surface area contributed by atoms with Crippen molar-refractivity contribution in [3.05, 3.63) is 24.0 Å². The molecule has 1 amide bonds. The zero-order valence-corrected chi connectivity index (χ0v) is 11.8. The van der Waals surface area contributed by atoms with Crippen molar-refractivity contribution < 1.29 is 27.4 Å². The lowest BCUT2D eigenvalue weighted by Gasteiger charge is -2.34. The van der Waals surface area contributed by atoms with Gasteiger partial charge in [-0.15, -0.1) is 0 Å². The van der Waals surface area contributed by atoms with Gasteiger partial charge in [-0.05, 0) is 25.0 Å². The Morgan fingerprint density at radius 1 is 1.41 bits per heavy atom. The van der Waals surface area contributed by atoms with Crippen LogP contribution in [0, 0.1) is 11.2 Å². The monoisotopic (exact) mass is 318 g/mol. The number of amides is 1. The van der Waals surface area contributed by atoms with Gasteiger partial charge in [0.1, 0.15) is 0 Å². The maximum atomic E-state index is 13.6. The number of carbonyl (C=O) groups is 1. The standard InChI is InChI=1S/C14H17F3N2O3/c15-10-7-9(1-2-11(10)22-13(16)17)19-12(20)14(8-18)3-5-21-6-4-14/h1-2,7,13H,3-6,8,18H2,(H,19,20). The minimum absolute atomic E-state index is 0.150. The van der Waals surface area contributed by atoms with Crippen LogP contribution in [0.5, 0.6) is 5.75 Å². The van der Waals surface area contributed by atoms with Crippen LogP contribution in [-0.2, 0) is 9.53 Å². The fourth-order valence-corrected chi connectivity index (χ4v) is 2.32. The number of ether oxygens (including phenoxy) is 2. The van der Waals surface area contributed by atoms with Crippen LogP contribution in [0.3, 0.4) is 0 Å². The van der Waals surface area contributed by atoms with Crippen LogP contribution in [0.2, 0.25) is 0 Å². The van der Waals surface area contributed by atoms with Crippen LogP contribution in [-0.4, -0.2) is 32.3 Å². The summed E-state index contributed by atoms with van der Waals surface area (Å²) in [5.41, 5.74) is 5.11. The molecule has 2 rings (SSSR count). The molecule has 0 radical (unpaired) electrons. The largest absolute Gasteiger partial charge is 0.432 e. The van der Waals surface area contributed by atoms with Crippen molar-refractivity contribution in [3.63, 3.8) is 0 Å². The quantitative estimate of drug-likeness (QED) is 0.872. The molecule has 0 saturated carbocycles. The molecule has 0 aromatic heterocycles. The summed E-state index contributed by atoms with van der Waals surface area (Å²) in [6.07, 6.45) is 0.953.